The van der Waals surface area contributed by atoms with Gasteiger partial charge in [-0.2, -0.15) is 0 Å². The van der Waals surface area contributed by atoms with Gasteiger partial charge in [0.05, 0.1) is 6.10 Å². The number of aliphatic hydroxyl groups excluding tert-OH is 3. The summed E-state index contributed by atoms with van der Waals surface area (Å²) >= 11 is 0. The number of aldehydes is 1. The lowest BCUT2D eigenvalue weighted by Gasteiger charge is -2.24. The summed E-state index contributed by atoms with van der Waals surface area (Å²) in [5.41, 5.74) is 0. The zero-order valence-electron chi connectivity index (χ0n) is 7.95. The van der Waals surface area contributed by atoms with E-state index >= 15 is 0 Å². The fourth-order valence-corrected chi connectivity index (χ4v) is 0.849. The van der Waals surface area contributed by atoms with Crippen LogP contribution in [0, 0.1) is 0 Å². The molecule has 6 heteroatoms. The van der Waals surface area contributed by atoms with Crippen molar-refractivity contribution in [3.8, 4) is 0 Å². The second kappa shape index (κ2) is 5.69. The molecule has 0 radical (unpaired) electrons. The molecule has 0 aromatic rings. The fourth-order valence-electron chi connectivity index (χ4n) is 0.849. The zero-order chi connectivity index (χ0) is 11.3. The SMILES string of the molecule is CC(=O)O[C@@H](C=O)[C@H](O)[C@@H](O)[C@H](C)O. The first-order valence-electron chi connectivity index (χ1n) is 4.06. The number of hydrogen-bond donors (Lipinski definition) is 3. The van der Waals surface area contributed by atoms with Gasteiger partial charge in [0.1, 0.15) is 12.2 Å². The lowest BCUT2D eigenvalue weighted by Crippen LogP contribution is -2.45. The topological polar surface area (TPSA) is 104 Å². The average molecular weight is 206 g/mol. The van der Waals surface area contributed by atoms with Gasteiger partial charge in [-0.25, -0.2) is 0 Å². The Morgan fingerprint density at radius 3 is 2.07 bits per heavy atom. The molecule has 6 nitrogen and oxygen atoms in total. The Bertz CT molecular complexity index is 202. The molecular weight excluding hydrogens is 192 g/mol. The van der Waals surface area contributed by atoms with Crippen LogP contribution in [-0.4, -0.2) is 52.0 Å². The third-order valence-corrected chi connectivity index (χ3v) is 1.62. The predicted molar refractivity (Wildman–Crippen MR) is 45.3 cm³/mol. The van der Waals surface area contributed by atoms with Crippen LogP contribution in [0.25, 0.3) is 0 Å². The number of hydrogen-bond acceptors (Lipinski definition) is 6. The number of carbonyl (C=O) groups excluding carboxylic acids is 2. The lowest BCUT2D eigenvalue weighted by atomic mass is 10.1. The molecule has 0 heterocycles. The van der Waals surface area contributed by atoms with Gasteiger partial charge in [0.2, 0.25) is 0 Å². The van der Waals surface area contributed by atoms with Gasteiger partial charge in [-0.3, -0.25) is 9.59 Å². The highest BCUT2D eigenvalue weighted by Gasteiger charge is 2.31. The molecule has 0 aliphatic rings. The number of aliphatic hydroxyl groups is 3. The van der Waals surface area contributed by atoms with Crippen molar-refractivity contribution in [2.24, 2.45) is 0 Å². The maximum Gasteiger partial charge on any atom is 0.303 e. The molecule has 82 valence electrons. The number of carbonyl (C=O) groups is 2. The van der Waals surface area contributed by atoms with E-state index in [0.29, 0.717) is 0 Å². The number of esters is 1. The van der Waals surface area contributed by atoms with Crippen molar-refractivity contribution >= 4 is 12.3 Å². The van der Waals surface area contributed by atoms with Crippen LogP contribution in [0.15, 0.2) is 0 Å². The van der Waals surface area contributed by atoms with Crippen molar-refractivity contribution in [2.45, 2.75) is 38.3 Å². The summed E-state index contributed by atoms with van der Waals surface area (Å²) in [6.07, 6.45) is -5.65. The van der Waals surface area contributed by atoms with E-state index in [1.54, 1.807) is 0 Å². The van der Waals surface area contributed by atoms with E-state index in [4.69, 9.17) is 10.2 Å². The van der Waals surface area contributed by atoms with Crippen LogP contribution in [0.3, 0.4) is 0 Å². The van der Waals surface area contributed by atoms with Crippen molar-refractivity contribution in [1.29, 1.82) is 0 Å². The van der Waals surface area contributed by atoms with E-state index in [1.807, 2.05) is 0 Å². The molecule has 0 amide bonds. The van der Waals surface area contributed by atoms with Crippen molar-refractivity contribution in [3.05, 3.63) is 0 Å². The van der Waals surface area contributed by atoms with Gasteiger partial charge in [0.15, 0.2) is 12.4 Å². The Kier molecular flexibility index (Phi) is 5.29. The van der Waals surface area contributed by atoms with E-state index in [1.165, 1.54) is 6.92 Å². The van der Waals surface area contributed by atoms with Crippen LogP contribution in [0.4, 0.5) is 0 Å². The quantitative estimate of drug-likeness (QED) is 0.363. The van der Waals surface area contributed by atoms with E-state index in [0.717, 1.165) is 6.92 Å². The van der Waals surface area contributed by atoms with Gasteiger partial charge in [-0.1, -0.05) is 0 Å². The largest absolute Gasteiger partial charge is 0.452 e. The zero-order valence-corrected chi connectivity index (χ0v) is 7.95. The molecule has 0 unspecified atom stereocenters. The molecule has 0 aliphatic carbocycles. The molecule has 3 N–H and O–H groups in total. The van der Waals surface area contributed by atoms with Crippen molar-refractivity contribution in [1.82, 2.24) is 0 Å². The van der Waals surface area contributed by atoms with Gasteiger partial charge in [-0.05, 0) is 6.92 Å². The number of rotatable bonds is 5. The Balaban J connectivity index is 4.36. The van der Waals surface area contributed by atoms with Gasteiger partial charge >= 0.3 is 5.97 Å². The van der Waals surface area contributed by atoms with Crippen LogP contribution in [0.5, 0.6) is 0 Å². The van der Waals surface area contributed by atoms with Crippen LogP contribution in [0.1, 0.15) is 13.8 Å². The van der Waals surface area contributed by atoms with E-state index in [2.05, 4.69) is 4.74 Å². The molecule has 14 heavy (non-hydrogen) atoms. The van der Waals surface area contributed by atoms with Gasteiger partial charge < -0.3 is 20.1 Å². The van der Waals surface area contributed by atoms with E-state index in [9.17, 15) is 14.7 Å². The average Bonchev–Trinajstić information content (AvgIpc) is 2.11. The van der Waals surface area contributed by atoms with Crippen molar-refractivity contribution in [3.63, 3.8) is 0 Å². The highest BCUT2D eigenvalue weighted by atomic mass is 16.6. The minimum absolute atomic E-state index is 0.192. The van der Waals surface area contributed by atoms with Crippen molar-refractivity contribution < 1.29 is 29.6 Å². The molecule has 0 saturated carbocycles. The Hall–Kier alpha value is -0.980. The second-order valence-electron chi connectivity index (χ2n) is 2.93. The minimum atomic E-state index is -1.63. The third-order valence-electron chi connectivity index (χ3n) is 1.62. The van der Waals surface area contributed by atoms with Crippen molar-refractivity contribution in [2.75, 3.05) is 0 Å². The minimum Gasteiger partial charge on any atom is -0.452 e. The summed E-state index contributed by atoms with van der Waals surface area (Å²) < 4.78 is 4.40. The van der Waals surface area contributed by atoms with Crippen LogP contribution in [0.2, 0.25) is 0 Å². The Morgan fingerprint density at radius 1 is 1.29 bits per heavy atom. The monoisotopic (exact) mass is 206 g/mol. The fraction of sp³-hybridized carbons (Fsp3) is 0.750. The molecule has 0 aliphatic heterocycles. The van der Waals surface area contributed by atoms with Gasteiger partial charge in [0, 0.05) is 6.92 Å². The first-order chi connectivity index (χ1) is 6.40. The first-order valence-corrected chi connectivity index (χ1v) is 4.06. The maximum absolute atomic E-state index is 10.5. The standard InChI is InChI=1S/C8H14O6/c1-4(10)7(12)8(13)6(3-9)14-5(2)11/h3-4,6-8,10,12-13H,1-2H3/t4-,6-,7-,8-/m0/s1. The van der Waals surface area contributed by atoms with Crippen LogP contribution >= 0.6 is 0 Å². The molecule has 0 rings (SSSR count). The second-order valence-corrected chi connectivity index (χ2v) is 2.93. The molecule has 0 aromatic heterocycles. The summed E-state index contributed by atoms with van der Waals surface area (Å²) in [5, 5.41) is 27.3. The Morgan fingerprint density at radius 2 is 1.79 bits per heavy atom. The van der Waals surface area contributed by atoms with E-state index in [-0.39, 0.29) is 6.29 Å². The van der Waals surface area contributed by atoms with E-state index < -0.39 is 30.4 Å². The summed E-state index contributed by atoms with van der Waals surface area (Å²) in [6.45, 7) is 2.31. The highest BCUT2D eigenvalue weighted by Crippen LogP contribution is 2.06. The first kappa shape index (κ1) is 13.0. The van der Waals surface area contributed by atoms with Gasteiger partial charge in [0.25, 0.3) is 0 Å². The lowest BCUT2D eigenvalue weighted by molar-refractivity contribution is -0.164. The molecule has 0 spiro atoms. The number of ether oxygens (including phenoxy) is 1. The molecule has 0 saturated heterocycles. The predicted octanol–water partition coefficient (Wildman–Crippen LogP) is -1.78. The molecule has 4 atom stereocenters. The smallest absolute Gasteiger partial charge is 0.303 e. The third kappa shape index (κ3) is 3.82. The summed E-state index contributed by atoms with van der Waals surface area (Å²) in [4.78, 5) is 20.9. The highest BCUT2D eigenvalue weighted by molar-refractivity contribution is 5.70. The van der Waals surface area contributed by atoms with Crippen LogP contribution in [-0.2, 0) is 14.3 Å². The summed E-state index contributed by atoms with van der Waals surface area (Å²) in [6, 6.07) is 0. The molecular formula is C8H14O6. The summed E-state index contributed by atoms with van der Waals surface area (Å²) in [7, 11) is 0. The normalized spacial score (nSPS) is 19.2. The summed E-state index contributed by atoms with van der Waals surface area (Å²) in [5.74, 6) is -0.751. The maximum atomic E-state index is 10.5. The van der Waals surface area contributed by atoms with Gasteiger partial charge in [-0.15, -0.1) is 0 Å². The molecule has 0 bridgehead atoms. The van der Waals surface area contributed by atoms with Crippen LogP contribution < -0.4 is 0 Å². The Labute approximate surface area is 81.1 Å². The molecule has 0 aromatic carbocycles. The molecule has 0 fully saturated rings.